The molecule has 1 aromatic heterocycles. The normalized spacial score (nSPS) is 19.6. The fourth-order valence-electron chi connectivity index (χ4n) is 2.64. The molecule has 1 atom stereocenters. The Hall–Kier alpha value is -2.05. The van der Waals surface area contributed by atoms with Gasteiger partial charge in [0, 0.05) is 16.3 Å². The van der Waals surface area contributed by atoms with Crippen LogP contribution in [-0.4, -0.2) is 46.5 Å². The molecule has 0 bridgehead atoms. The zero-order valence-electron chi connectivity index (χ0n) is 14.8. The van der Waals surface area contributed by atoms with Crippen LogP contribution in [0.4, 0.5) is 22.7 Å². The van der Waals surface area contributed by atoms with Gasteiger partial charge in [-0.25, -0.2) is 18.6 Å². The second-order valence-corrected chi connectivity index (χ2v) is 7.77. The Morgan fingerprint density at radius 3 is 2.66 bits per heavy atom. The zero-order chi connectivity index (χ0) is 21.4. The molecule has 0 aliphatic carbocycles. The van der Waals surface area contributed by atoms with Gasteiger partial charge < -0.3 is 9.84 Å². The topological polar surface area (TPSA) is 75.0 Å². The van der Waals surface area contributed by atoms with Crippen LogP contribution in [0.3, 0.4) is 0 Å². The Morgan fingerprint density at radius 1 is 1.41 bits per heavy atom. The first kappa shape index (κ1) is 21.7. The Bertz CT molecular complexity index is 938. The first-order valence-corrected chi connectivity index (χ1v) is 9.92. The van der Waals surface area contributed by atoms with Gasteiger partial charge in [0.1, 0.15) is 0 Å². The minimum absolute atomic E-state index is 0.0341. The predicted octanol–water partition coefficient (Wildman–Crippen LogP) is 4.29. The van der Waals surface area contributed by atoms with Gasteiger partial charge in [-0.15, -0.1) is 11.3 Å². The molecule has 0 saturated heterocycles. The number of carbonyl (C=O) groups is 1. The van der Waals surface area contributed by atoms with Crippen LogP contribution < -0.4 is 5.01 Å². The monoisotopic (exact) mass is 495 g/mol. The molecule has 0 radical (unpaired) electrons. The van der Waals surface area contributed by atoms with Crippen LogP contribution >= 0.6 is 27.3 Å². The molecule has 0 unspecified atom stereocenters. The van der Waals surface area contributed by atoms with Crippen molar-refractivity contribution >= 4 is 44.1 Å². The van der Waals surface area contributed by atoms with Crippen LogP contribution in [0, 0.1) is 0 Å². The van der Waals surface area contributed by atoms with Gasteiger partial charge in [0.2, 0.25) is 10.9 Å². The van der Waals surface area contributed by atoms with E-state index in [2.05, 4.69) is 26.0 Å². The second kappa shape index (κ2) is 8.00. The molecule has 0 amide bonds. The Labute approximate surface area is 174 Å². The number of carbonyl (C=O) groups excluding carboxylic acids is 1. The summed E-state index contributed by atoms with van der Waals surface area (Å²) in [6.07, 6.45) is -5.03. The summed E-state index contributed by atoms with van der Waals surface area (Å²) >= 11 is 3.93. The molecule has 12 heteroatoms. The minimum Gasteiger partial charge on any atom is -0.461 e. The van der Waals surface area contributed by atoms with E-state index in [1.54, 1.807) is 31.2 Å². The van der Waals surface area contributed by atoms with E-state index in [4.69, 9.17) is 4.74 Å². The quantitative estimate of drug-likeness (QED) is 0.478. The van der Waals surface area contributed by atoms with Gasteiger partial charge in [-0.05, 0) is 24.6 Å². The highest BCUT2D eigenvalue weighted by atomic mass is 79.9. The molecule has 1 aliphatic rings. The molecule has 1 aliphatic heterocycles. The lowest BCUT2D eigenvalue weighted by Crippen LogP contribution is -2.60. The predicted molar refractivity (Wildman–Crippen MR) is 102 cm³/mol. The Balaban J connectivity index is 2.05. The number of aromatic nitrogens is 1. The van der Waals surface area contributed by atoms with Crippen molar-refractivity contribution < 1.29 is 32.2 Å². The van der Waals surface area contributed by atoms with Gasteiger partial charge in [0.25, 0.3) is 0 Å². The van der Waals surface area contributed by atoms with Crippen LogP contribution in [-0.2, 0) is 4.74 Å². The fourth-order valence-corrected chi connectivity index (χ4v) is 3.72. The average molecular weight is 496 g/mol. The highest BCUT2D eigenvalue weighted by molar-refractivity contribution is 9.10. The van der Waals surface area contributed by atoms with Gasteiger partial charge in [-0.1, -0.05) is 28.1 Å². The van der Waals surface area contributed by atoms with E-state index in [0.29, 0.717) is 26.4 Å². The summed E-state index contributed by atoms with van der Waals surface area (Å²) in [6.45, 7) is 1.64. The number of benzene rings is 1. The molecule has 2 heterocycles. The number of thiazole rings is 1. The number of hydrazone groups is 1. The molecule has 1 aromatic carbocycles. The van der Waals surface area contributed by atoms with Crippen molar-refractivity contribution in [1.82, 2.24) is 4.98 Å². The number of hydrogen-bond acceptors (Lipinski definition) is 7. The number of rotatable bonds is 6. The Kier molecular flexibility index (Phi) is 5.97. The van der Waals surface area contributed by atoms with Crippen molar-refractivity contribution in [3.05, 3.63) is 45.4 Å². The van der Waals surface area contributed by atoms with Crippen molar-refractivity contribution in [2.75, 3.05) is 11.6 Å². The average Bonchev–Trinajstić information content (AvgIpc) is 3.28. The molecular formula is C17H14BrF4N3O3S. The molecule has 2 aromatic rings. The summed E-state index contributed by atoms with van der Waals surface area (Å²) in [5.74, 6) is -5.64. The molecule has 29 heavy (non-hydrogen) atoms. The van der Waals surface area contributed by atoms with Gasteiger partial charge >= 0.3 is 18.3 Å². The largest absolute Gasteiger partial charge is 0.461 e. The van der Waals surface area contributed by atoms with E-state index in [-0.39, 0.29) is 23.1 Å². The van der Waals surface area contributed by atoms with Crippen molar-refractivity contribution in [3.63, 3.8) is 0 Å². The molecule has 0 saturated carbocycles. The Morgan fingerprint density at radius 2 is 2.07 bits per heavy atom. The van der Waals surface area contributed by atoms with Crippen LogP contribution in [0.25, 0.3) is 0 Å². The standard InChI is InChI=1S/C17H14BrF4N3O3S/c1-2-28-13(26)12-8-29-15(23-12)25-16(27,17(21,22)14(19)20)7-11(24-25)9-3-5-10(18)6-4-9/h3-6,8,14,27H,2,7H2,1H3/t16-/m0/s1. The van der Waals surface area contributed by atoms with Crippen LogP contribution in [0.1, 0.15) is 29.4 Å². The van der Waals surface area contributed by atoms with Gasteiger partial charge in [-0.2, -0.15) is 18.9 Å². The lowest BCUT2D eigenvalue weighted by molar-refractivity contribution is -0.237. The lowest BCUT2D eigenvalue weighted by atomic mass is 9.96. The number of aliphatic hydroxyl groups is 1. The third-order valence-electron chi connectivity index (χ3n) is 4.13. The molecule has 156 valence electrons. The number of esters is 1. The van der Waals surface area contributed by atoms with Crippen LogP contribution in [0.15, 0.2) is 39.2 Å². The highest BCUT2D eigenvalue weighted by Gasteiger charge is 2.66. The van der Waals surface area contributed by atoms with E-state index in [0.717, 1.165) is 0 Å². The number of ether oxygens (including phenoxy) is 1. The van der Waals surface area contributed by atoms with E-state index in [1.165, 1.54) is 5.38 Å². The van der Waals surface area contributed by atoms with Crippen molar-refractivity contribution in [2.45, 2.75) is 31.4 Å². The number of alkyl halides is 4. The van der Waals surface area contributed by atoms with Crippen LogP contribution in [0.5, 0.6) is 0 Å². The van der Waals surface area contributed by atoms with Crippen LogP contribution in [0.2, 0.25) is 0 Å². The third kappa shape index (κ3) is 3.88. The summed E-state index contributed by atoms with van der Waals surface area (Å²) in [7, 11) is 0. The van der Waals surface area contributed by atoms with Gasteiger partial charge in [0.15, 0.2) is 5.69 Å². The summed E-state index contributed by atoms with van der Waals surface area (Å²) < 4.78 is 60.5. The minimum atomic E-state index is -4.83. The lowest BCUT2D eigenvalue weighted by Gasteiger charge is -2.36. The molecular weight excluding hydrogens is 482 g/mol. The molecule has 1 N–H and O–H groups in total. The molecule has 0 spiro atoms. The SMILES string of the molecule is CCOC(=O)c1csc(N2N=C(c3ccc(Br)cc3)C[C@]2(O)C(F)(F)C(F)F)n1. The van der Waals surface area contributed by atoms with E-state index >= 15 is 0 Å². The maximum Gasteiger partial charge on any atom is 0.357 e. The fraction of sp³-hybridized carbons (Fsp3) is 0.353. The van der Waals surface area contributed by atoms with E-state index in [9.17, 15) is 27.5 Å². The molecule has 0 fully saturated rings. The van der Waals surface area contributed by atoms with Gasteiger partial charge in [-0.3, -0.25) is 0 Å². The third-order valence-corrected chi connectivity index (χ3v) is 5.47. The zero-order valence-corrected chi connectivity index (χ0v) is 17.2. The highest BCUT2D eigenvalue weighted by Crippen LogP contribution is 2.46. The summed E-state index contributed by atoms with van der Waals surface area (Å²) in [6, 6.07) is 6.32. The van der Waals surface area contributed by atoms with Crippen molar-refractivity contribution in [3.8, 4) is 0 Å². The van der Waals surface area contributed by atoms with Crippen molar-refractivity contribution in [2.24, 2.45) is 5.10 Å². The summed E-state index contributed by atoms with van der Waals surface area (Å²) in [5.41, 5.74) is -3.25. The number of anilines is 1. The summed E-state index contributed by atoms with van der Waals surface area (Å²) in [5, 5.41) is 15.8. The van der Waals surface area contributed by atoms with Crippen molar-refractivity contribution in [1.29, 1.82) is 0 Å². The number of halogens is 5. The molecule has 6 nitrogen and oxygen atoms in total. The molecule has 3 rings (SSSR count). The maximum atomic E-state index is 14.4. The summed E-state index contributed by atoms with van der Waals surface area (Å²) in [4.78, 5) is 15.6. The number of hydrogen-bond donors (Lipinski definition) is 1. The smallest absolute Gasteiger partial charge is 0.357 e. The first-order chi connectivity index (χ1) is 13.6. The second-order valence-electron chi connectivity index (χ2n) is 6.02. The van der Waals surface area contributed by atoms with E-state index < -0.39 is 30.5 Å². The first-order valence-electron chi connectivity index (χ1n) is 8.24. The number of nitrogens with zero attached hydrogens (tertiary/aromatic N) is 3. The maximum absolute atomic E-state index is 14.4. The van der Waals surface area contributed by atoms with E-state index in [1.807, 2.05) is 0 Å². The van der Waals surface area contributed by atoms with Gasteiger partial charge in [0.05, 0.1) is 12.3 Å².